The van der Waals surface area contributed by atoms with Gasteiger partial charge in [0.05, 0.1) is 12.0 Å². The summed E-state index contributed by atoms with van der Waals surface area (Å²) in [4.78, 5) is 15.4. The Morgan fingerprint density at radius 2 is 2.50 bits per heavy atom. The van der Waals surface area contributed by atoms with Crippen LogP contribution in [0.25, 0.3) is 0 Å². The van der Waals surface area contributed by atoms with Crippen LogP contribution in [0.3, 0.4) is 0 Å². The van der Waals surface area contributed by atoms with E-state index in [0.29, 0.717) is 16.7 Å². The fourth-order valence-corrected chi connectivity index (χ4v) is 1.15. The van der Waals surface area contributed by atoms with Gasteiger partial charge in [0.1, 0.15) is 4.47 Å². The zero-order valence-corrected chi connectivity index (χ0v) is 8.34. The summed E-state index contributed by atoms with van der Waals surface area (Å²) < 4.78 is 2.01. The van der Waals surface area contributed by atoms with Crippen molar-refractivity contribution in [3.05, 3.63) is 39.5 Å². The minimum absolute atomic E-state index is 0.0672. The second-order valence-electron chi connectivity index (χ2n) is 2.39. The smallest absolute Gasteiger partial charge is 0.268 e. The van der Waals surface area contributed by atoms with Gasteiger partial charge in [0.2, 0.25) is 0 Å². The van der Waals surface area contributed by atoms with Gasteiger partial charge in [-0.25, -0.2) is 4.98 Å². The quantitative estimate of drug-likeness (QED) is 0.720. The van der Waals surface area contributed by atoms with E-state index in [4.69, 9.17) is 0 Å². The molecule has 0 aliphatic heterocycles. The van der Waals surface area contributed by atoms with Crippen LogP contribution in [0.1, 0.15) is 5.69 Å². The van der Waals surface area contributed by atoms with E-state index in [2.05, 4.69) is 27.5 Å². The topological polar surface area (TPSA) is 34.9 Å². The number of rotatable bonds is 2. The maximum absolute atomic E-state index is 11.4. The molecule has 0 unspecified atom stereocenters. The van der Waals surface area contributed by atoms with E-state index in [1.165, 1.54) is 10.9 Å². The van der Waals surface area contributed by atoms with Gasteiger partial charge in [0.25, 0.3) is 5.56 Å². The Labute approximate surface area is 78.9 Å². The fourth-order valence-electron chi connectivity index (χ4n) is 0.815. The van der Waals surface area contributed by atoms with E-state index in [1.807, 2.05) is 0 Å². The van der Waals surface area contributed by atoms with Crippen molar-refractivity contribution >= 4 is 15.9 Å². The summed E-state index contributed by atoms with van der Waals surface area (Å²) in [7, 11) is 0. The fraction of sp³-hybridized carbons (Fsp3) is 0.250. The molecule has 0 aromatic carbocycles. The Morgan fingerprint density at radius 1 is 1.83 bits per heavy atom. The molecular formula is C8H9BrN2O. The van der Waals surface area contributed by atoms with Crippen LogP contribution in [0.5, 0.6) is 0 Å². The van der Waals surface area contributed by atoms with Crippen LogP contribution in [0.4, 0.5) is 0 Å². The average Bonchev–Trinajstić information content (AvgIpc) is 2.07. The van der Waals surface area contributed by atoms with Crippen LogP contribution in [-0.2, 0) is 6.54 Å². The molecule has 0 atom stereocenters. The minimum Gasteiger partial charge on any atom is -0.294 e. The molecule has 12 heavy (non-hydrogen) atoms. The number of aryl methyl sites for hydroxylation is 1. The highest BCUT2D eigenvalue weighted by atomic mass is 79.9. The van der Waals surface area contributed by atoms with Crippen molar-refractivity contribution in [1.29, 1.82) is 0 Å². The third-order valence-electron chi connectivity index (χ3n) is 1.48. The van der Waals surface area contributed by atoms with Gasteiger partial charge in [-0.3, -0.25) is 9.36 Å². The molecule has 0 amide bonds. The monoisotopic (exact) mass is 228 g/mol. The lowest BCUT2D eigenvalue weighted by Crippen LogP contribution is -2.21. The Bertz CT molecular complexity index is 357. The number of hydrogen-bond acceptors (Lipinski definition) is 2. The van der Waals surface area contributed by atoms with Crippen molar-refractivity contribution in [3.8, 4) is 0 Å². The van der Waals surface area contributed by atoms with Crippen molar-refractivity contribution < 1.29 is 0 Å². The third-order valence-corrected chi connectivity index (χ3v) is 2.40. The second kappa shape index (κ2) is 3.67. The van der Waals surface area contributed by atoms with Crippen molar-refractivity contribution in [1.82, 2.24) is 9.55 Å². The molecule has 0 aliphatic carbocycles. The van der Waals surface area contributed by atoms with Gasteiger partial charge in [-0.05, 0) is 22.9 Å². The number of allylic oxidation sites excluding steroid dienone is 1. The largest absolute Gasteiger partial charge is 0.294 e. The molecule has 0 fully saturated rings. The van der Waals surface area contributed by atoms with E-state index < -0.39 is 0 Å². The maximum Gasteiger partial charge on any atom is 0.268 e. The predicted molar refractivity (Wildman–Crippen MR) is 51.1 cm³/mol. The molecule has 1 aromatic rings. The van der Waals surface area contributed by atoms with Gasteiger partial charge in [-0.1, -0.05) is 6.08 Å². The lowest BCUT2D eigenvalue weighted by molar-refractivity contribution is 0.741. The van der Waals surface area contributed by atoms with Gasteiger partial charge in [-0.2, -0.15) is 0 Å². The van der Waals surface area contributed by atoms with Gasteiger partial charge >= 0.3 is 0 Å². The first kappa shape index (κ1) is 9.19. The van der Waals surface area contributed by atoms with Crippen molar-refractivity contribution in [2.45, 2.75) is 13.5 Å². The number of nitrogens with zero attached hydrogens (tertiary/aromatic N) is 2. The molecule has 0 spiro atoms. The Kier molecular flexibility index (Phi) is 2.81. The standard InChI is InChI=1S/C8H9BrN2O/c1-3-4-11-5-10-6(2)7(9)8(11)12/h3,5H,1,4H2,2H3. The highest BCUT2D eigenvalue weighted by Gasteiger charge is 2.02. The lowest BCUT2D eigenvalue weighted by Gasteiger charge is -2.02. The summed E-state index contributed by atoms with van der Waals surface area (Å²) in [6.45, 7) is 5.82. The molecule has 0 saturated carbocycles. The zero-order chi connectivity index (χ0) is 9.14. The maximum atomic E-state index is 11.4. The first-order valence-corrected chi connectivity index (χ1v) is 4.28. The molecule has 0 aliphatic rings. The molecule has 0 N–H and O–H groups in total. The second-order valence-corrected chi connectivity index (χ2v) is 3.18. The summed E-state index contributed by atoms with van der Waals surface area (Å²) in [6, 6.07) is 0. The summed E-state index contributed by atoms with van der Waals surface area (Å²) >= 11 is 3.17. The normalized spacial score (nSPS) is 9.83. The van der Waals surface area contributed by atoms with Crippen LogP contribution in [0.15, 0.2) is 28.2 Å². The van der Waals surface area contributed by atoms with Crippen molar-refractivity contribution in [2.75, 3.05) is 0 Å². The minimum atomic E-state index is -0.0672. The van der Waals surface area contributed by atoms with Crippen LogP contribution in [0.2, 0.25) is 0 Å². The van der Waals surface area contributed by atoms with E-state index in [1.54, 1.807) is 13.0 Å². The molecule has 0 saturated heterocycles. The average molecular weight is 229 g/mol. The van der Waals surface area contributed by atoms with Gasteiger partial charge < -0.3 is 0 Å². The van der Waals surface area contributed by atoms with E-state index >= 15 is 0 Å². The molecule has 1 aromatic heterocycles. The number of halogens is 1. The molecule has 4 heteroatoms. The zero-order valence-electron chi connectivity index (χ0n) is 6.75. The molecule has 1 heterocycles. The molecular weight excluding hydrogens is 220 g/mol. The third kappa shape index (κ3) is 1.64. The van der Waals surface area contributed by atoms with Crippen LogP contribution >= 0.6 is 15.9 Å². The van der Waals surface area contributed by atoms with E-state index in [0.717, 1.165) is 0 Å². The Morgan fingerprint density at radius 3 is 3.08 bits per heavy atom. The Hall–Kier alpha value is -0.900. The summed E-state index contributed by atoms with van der Waals surface area (Å²) in [5.41, 5.74) is 0.641. The molecule has 1 rings (SSSR count). The molecule has 0 bridgehead atoms. The van der Waals surface area contributed by atoms with Gasteiger partial charge in [-0.15, -0.1) is 6.58 Å². The van der Waals surface area contributed by atoms with Crippen LogP contribution in [0, 0.1) is 6.92 Å². The number of aromatic nitrogens is 2. The highest BCUT2D eigenvalue weighted by Crippen LogP contribution is 2.05. The van der Waals surface area contributed by atoms with E-state index in [9.17, 15) is 4.79 Å². The number of hydrogen-bond donors (Lipinski definition) is 0. The van der Waals surface area contributed by atoms with Crippen molar-refractivity contribution in [2.24, 2.45) is 0 Å². The van der Waals surface area contributed by atoms with E-state index in [-0.39, 0.29) is 5.56 Å². The summed E-state index contributed by atoms with van der Waals surface area (Å²) in [5, 5.41) is 0. The summed E-state index contributed by atoms with van der Waals surface area (Å²) in [6.07, 6.45) is 3.18. The predicted octanol–water partition coefficient (Wildman–Crippen LogP) is 1.50. The molecule has 3 nitrogen and oxygen atoms in total. The van der Waals surface area contributed by atoms with Gasteiger partial charge in [0, 0.05) is 6.54 Å². The Balaban J connectivity index is 3.26. The molecule has 64 valence electrons. The van der Waals surface area contributed by atoms with Crippen LogP contribution < -0.4 is 5.56 Å². The first-order valence-electron chi connectivity index (χ1n) is 3.49. The van der Waals surface area contributed by atoms with Crippen molar-refractivity contribution in [3.63, 3.8) is 0 Å². The SMILES string of the molecule is C=CCn1cnc(C)c(Br)c1=O. The molecule has 0 radical (unpaired) electrons. The van der Waals surface area contributed by atoms with Gasteiger partial charge in [0.15, 0.2) is 0 Å². The van der Waals surface area contributed by atoms with Crippen LogP contribution in [-0.4, -0.2) is 9.55 Å². The highest BCUT2D eigenvalue weighted by molar-refractivity contribution is 9.10. The summed E-state index contributed by atoms with van der Waals surface area (Å²) in [5.74, 6) is 0. The lowest BCUT2D eigenvalue weighted by atomic mass is 10.4. The first-order chi connectivity index (χ1) is 5.66.